The predicted octanol–water partition coefficient (Wildman–Crippen LogP) is 0.844. The molecule has 1 aliphatic rings. The number of carbonyl (C=O) groups is 3. The summed E-state index contributed by atoms with van der Waals surface area (Å²) in [6, 6.07) is 7.92. The summed E-state index contributed by atoms with van der Waals surface area (Å²) in [5.41, 5.74) is 1.12. The van der Waals surface area contributed by atoms with Crippen molar-refractivity contribution in [1.29, 1.82) is 0 Å². The summed E-state index contributed by atoms with van der Waals surface area (Å²) in [5.74, 6) is -3.65. The molecule has 0 radical (unpaired) electrons. The summed E-state index contributed by atoms with van der Waals surface area (Å²) in [6.45, 7) is 11.1. The zero-order chi connectivity index (χ0) is 21.8. The Balaban J connectivity index is 0.00000105. The first-order valence-electron chi connectivity index (χ1n) is 9.50. The van der Waals surface area contributed by atoms with Crippen molar-refractivity contribution in [3.63, 3.8) is 0 Å². The predicted molar refractivity (Wildman–Crippen MR) is 115 cm³/mol. The lowest BCUT2D eigenvalue weighted by atomic mass is 10.2. The van der Waals surface area contributed by atoms with E-state index in [1.165, 1.54) is 0 Å². The quantitative estimate of drug-likeness (QED) is 0.549. The molecule has 30 heavy (non-hydrogen) atoms. The van der Waals surface area contributed by atoms with E-state index in [0.717, 1.165) is 56.5 Å². The molecule has 0 unspecified atom stereocenters. The topological polar surface area (TPSA) is 145 Å². The first-order chi connectivity index (χ1) is 13.8. The summed E-state index contributed by atoms with van der Waals surface area (Å²) < 4.78 is 0. The molecule has 10 nitrogen and oxygen atoms in total. The molecule has 1 fully saturated rings. The molecular weight excluding hydrogens is 416 g/mol. The minimum Gasteiger partial charge on any atom is -0.473 e. The summed E-state index contributed by atoms with van der Waals surface area (Å²) >= 11 is 6.04. The van der Waals surface area contributed by atoms with E-state index in [1.807, 2.05) is 23.1 Å². The van der Waals surface area contributed by atoms with Crippen LogP contribution in [0.4, 0.5) is 10.5 Å². The number of nitrogens with one attached hydrogen (secondary N) is 1. The summed E-state index contributed by atoms with van der Waals surface area (Å²) in [4.78, 5) is 36.9. The van der Waals surface area contributed by atoms with Gasteiger partial charge >= 0.3 is 18.0 Å². The monoisotopic (exact) mass is 446 g/mol. The van der Waals surface area contributed by atoms with Crippen LogP contribution in [0.15, 0.2) is 24.3 Å². The Morgan fingerprint density at radius 2 is 1.63 bits per heavy atom. The third-order valence-electron chi connectivity index (χ3n) is 4.52. The van der Waals surface area contributed by atoms with E-state index in [0.29, 0.717) is 6.54 Å². The van der Waals surface area contributed by atoms with Gasteiger partial charge in [0.2, 0.25) is 0 Å². The van der Waals surface area contributed by atoms with Gasteiger partial charge in [0.25, 0.3) is 0 Å². The van der Waals surface area contributed by atoms with Crippen molar-refractivity contribution in [2.24, 2.45) is 0 Å². The summed E-state index contributed by atoms with van der Waals surface area (Å²) in [6.07, 6.45) is 0. The molecule has 0 atom stereocenters. The van der Waals surface area contributed by atoms with Crippen LogP contribution in [0.3, 0.4) is 0 Å². The fourth-order valence-corrected chi connectivity index (χ4v) is 3.00. The Morgan fingerprint density at radius 1 is 1.07 bits per heavy atom. The number of nitrogens with zero attached hydrogens (tertiary/aromatic N) is 3. The highest BCUT2D eigenvalue weighted by Gasteiger charge is 2.21. The molecule has 0 saturated carbocycles. The van der Waals surface area contributed by atoms with Crippen molar-refractivity contribution < 1.29 is 30.1 Å². The van der Waals surface area contributed by atoms with Gasteiger partial charge in [0.1, 0.15) is 0 Å². The van der Waals surface area contributed by atoms with Crippen molar-refractivity contribution in [2.45, 2.75) is 13.8 Å². The third kappa shape index (κ3) is 9.77. The number of urea groups is 1. The smallest absolute Gasteiger partial charge is 0.414 e. The van der Waals surface area contributed by atoms with Crippen LogP contribution in [-0.2, 0) is 9.59 Å². The van der Waals surface area contributed by atoms with E-state index >= 15 is 0 Å². The molecule has 11 heteroatoms. The second kappa shape index (κ2) is 14.4. The molecule has 2 rings (SSSR count). The van der Waals surface area contributed by atoms with E-state index in [1.54, 1.807) is 0 Å². The highest BCUT2D eigenvalue weighted by molar-refractivity contribution is 6.30. The maximum Gasteiger partial charge on any atom is 0.414 e. The standard InChI is InChI=1S/C17H27ClN4O.C2H2O4.H2O/c1-3-20(4-2)9-8-19-17(23)22-12-10-21(11-13-22)16-7-5-6-15(18)14-16;3-1(4)2(5)6;/h5-7,14H,3-4,8-13H2,1-2H3,(H,19,23);(H,3,4)(H,5,6);1H2. The van der Waals surface area contributed by atoms with Crippen LogP contribution < -0.4 is 10.2 Å². The van der Waals surface area contributed by atoms with Gasteiger partial charge in [0, 0.05) is 50.0 Å². The number of anilines is 1. The van der Waals surface area contributed by atoms with Crippen LogP contribution in [0.25, 0.3) is 0 Å². The highest BCUT2D eigenvalue weighted by atomic mass is 35.5. The number of aliphatic carboxylic acids is 2. The van der Waals surface area contributed by atoms with Gasteiger partial charge in [-0.2, -0.15) is 0 Å². The van der Waals surface area contributed by atoms with Crippen molar-refractivity contribution in [3.8, 4) is 0 Å². The Labute approximate surface area is 181 Å². The molecule has 0 bridgehead atoms. The van der Waals surface area contributed by atoms with E-state index in [4.69, 9.17) is 31.4 Å². The number of hydrogen-bond acceptors (Lipinski definition) is 5. The van der Waals surface area contributed by atoms with Gasteiger partial charge in [-0.3, -0.25) is 0 Å². The van der Waals surface area contributed by atoms with Crippen LogP contribution in [-0.4, -0.2) is 95.8 Å². The number of carbonyl (C=O) groups excluding carboxylic acids is 1. The number of benzene rings is 1. The maximum atomic E-state index is 12.2. The Bertz CT molecular complexity index is 667. The maximum absolute atomic E-state index is 12.2. The molecule has 1 aromatic rings. The van der Waals surface area contributed by atoms with Gasteiger partial charge in [-0.05, 0) is 31.3 Å². The number of hydrogen-bond donors (Lipinski definition) is 3. The zero-order valence-electron chi connectivity index (χ0n) is 17.3. The number of carboxylic acid groups (broad SMARTS) is 2. The van der Waals surface area contributed by atoms with Gasteiger partial charge in [-0.1, -0.05) is 31.5 Å². The molecule has 0 aliphatic carbocycles. The van der Waals surface area contributed by atoms with Crippen LogP contribution in [0.2, 0.25) is 5.02 Å². The molecule has 1 saturated heterocycles. The first-order valence-corrected chi connectivity index (χ1v) is 9.88. The first kappa shape index (κ1) is 27.4. The van der Waals surface area contributed by atoms with Crippen LogP contribution in [0, 0.1) is 0 Å². The van der Waals surface area contributed by atoms with Gasteiger partial charge in [-0.25, -0.2) is 14.4 Å². The average molecular weight is 447 g/mol. The Kier molecular flexibility index (Phi) is 13.2. The van der Waals surface area contributed by atoms with Crippen LogP contribution >= 0.6 is 11.6 Å². The zero-order valence-corrected chi connectivity index (χ0v) is 18.1. The normalized spacial score (nSPS) is 13.1. The molecule has 0 aromatic heterocycles. The van der Waals surface area contributed by atoms with Gasteiger partial charge in [0.05, 0.1) is 0 Å². The molecule has 170 valence electrons. The van der Waals surface area contributed by atoms with E-state index in [2.05, 4.69) is 35.0 Å². The number of rotatable bonds is 6. The summed E-state index contributed by atoms with van der Waals surface area (Å²) in [5, 5.41) is 18.6. The number of amides is 2. The molecular formula is C19H31ClN4O6. The largest absolute Gasteiger partial charge is 0.473 e. The fraction of sp³-hybridized carbons (Fsp3) is 0.526. The number of carboxylic acids is 2. The molecule has 1 aromatic carbocycles. The lowest BCUT2D eigenvalue weighted by Gasteiger charge is -2.36. The van der Waals surface area contributed by atoms with E-state index < -0.39 is 11.9 Å². The average Bonchev–Trinajstić information content (AvgIpc) is 2.71. The van der Waals surface area contributed by atoms with Crippen molar-refractivity contribution >= 4 is 35.3 Å². The van der Waals surface area contributed by atoms with Crippen LogP contribution in [0.1, 0.15) is 13.8 Å². The third-order valence-corrected chi connectivity index (χ3v) is 4.76. The second-order valence-electron chi connectivity index (χ2n) is 6.32. The molecule has 5 N–H and O–H groups in total. The molecule has 1 heterocycles. The highest BCUT2D eigenvalue weighted by Crippen LogP contribution is 2.20. The molecule has 1 aliphatic heterocycles. The Hall–Kier alpha value is -2.56. The van der Waals surface area contributed by atoms with Crippen molar-refractivity contribution in [3.05, 3.63) is 29.3 Å². The van der Waals surface area contributed by atoms with E-state index in [9.17, 15) is 4.79 Å². The second-order valence-corrected chi connectivity index (χ2v) is 6.76. The Morgan fingerprint density at radius 3 is 2.10 bits per heavy atom. The van der Waals surface area contributed by atoms with Gasteiger partial charge < -0.3 is 35.7 Å². The van der Waals surface area contributed by atoms with E-state index in [-0.39, 0.29) is 11.5 Å². The number of halogens is 1. The van der Waals surface area contributed by atoms with Crippen molar-refractivity contribution in [2.75, 3.05) is 57.3 Å². The number of likely N-dealkylation sites (N-methyl/N-ethyl adjacent to an activating group) is 1. The lowest BCUT2D eigenvalue weighted by Crippen LogP contribution is -2.52. The SMILES string of the molecule is CCN(CC)CCNC(=O)N1CCN(c2cccc(Cl)c2)CC1.O.O=C(O)C(=O)O. The minimum atomic E-state index is -1.82. The number of piperazine rings is 1. The molecule has 2 amide bonds. The summed E-state index contributed by atoms with van der Waals surface area (Å²) in [7, 11) is 0. The van der Waals surface area contributed by atoms with Gasteiger partial charge in [0.15, 0.2) is 0 Å². The van der Waals surface area contributed by atoms with Crippen LogP contribution in [0.5, 0.6) is 0 Å². The lowest BCUT2D eigenvalue weighted by molar-refractivity contribution is -0.159. The minimum absolute atomic E-state index is 0. The molecule has 0 spiro atoms. The van der Waals surface area contributed by atoms with Gasteiger partial charge in [-0.15, -0.1) is 0 Å². The fourth-order valence-electron chi connectivity index (χ4n) is 2.81. The van der Waals surface area contributed by atoms with Crippen molar-refractivity contribution in [1.82, 2.24) is 15.1 Å².